The number of aryl methyl sites for hydroxylation is 1. The summed E-state index contributed by atoms with van der Waals surface area (Å²) in [5, 5.41) is 0.735. The first-order valence-electron chi connectivity index (χ1n) is 13.9. The highest BCUT2D eigenvalue weighted by molar-refractivity contribution is 6.32. The summed E-state index contributed by atoms with van der Waals surface area (Å²) in [4.78, 5) is 4.39. The van der Waals surface area contributed by atoms with Gasteiger partial charge in [-0.1, -0.05) is 41.9 Å². The summed E-state index contributed by atoms with van der Waals surface area (Å²) in [6.45, 7) is 5.10. The summed E-state index contributed by atoms with van der Waals surface area (Å²) in [5.74, 6) is -0.279. The van der Waals surface area contributed by atoms with Gasteiger partial charge in [0.2, 0.25) is 0 Å². The quantitative estimate of drug-likeness (QED) is 0.185. The molecular formula is C31H32Cl2F6N4O. The maximum Gasteiger partial charge on any atom is 0.573 e. The van der Waals surface area contributed by atoms with Gasteiger partial charge in [-0.15, -0.1) is 25.6 Å². The van der Waals surface area contributed by atoms with Crippen LogP contribution in [0.1, 0.15) is 23.1 Å². The van der Waals surface area contributed by atoms with Gasteiger partial charge in [-0.2, -0.15) is 13.2 Å². The molecule has 0 bridgehead atoms. The zero-order valence-electron chi connectivity index (χ0n) is 23.6. The Balaban J connectivity index is 0.00000442. The maximum absolute atomic E-state index is 13.3. The summed E-state index contributed by atoms with van der Waals surface area (Å²) in [7, 11) is 0. The van der Waals surface area contributed by atoms with Gasteiger partial charge in [-0.25, -0.2) is 0 Å². The van der Waals surface area contributed by atoms with Gasteiger partial charge in [-0.05, 0) is 60.0 Å². The highest BCUT2D eigenvalue weighted by atomic mass is 35.5. The molecule has 0 saturated carbocycles. The molecule has 0 amide bonds. The molecule has 0 spiro atoms. The summed E-state index contributed by atoms with van der Waals surface area (Å²) in [6, 6.07) is 16.1. The highest BCUT2D eigenvalue weighted by Gasteiger charge is 2.34. The minimum atomic E-state index is -4.76. The smallest absolute Gasteiger partial charge is 0.406 e. The maximum atomic E-state index is 13.3. The predicted molar refractivity (Wildman–Crippen MR) is 162 cm³/mol. The molecule has 5 nitrogen and oxygen atoms in total. The van der Waals surface area contributed by atoms with Crippen LogP contribution in [0.25, 0.3) is 22.0 Å². The number of fused-ring (bicyclic) bond motifs is 1. The number of benzene rings is 3. The lowest BCUT2D eigenvalue weighted by Gasteiger charge is -2.35. The fourth-order valence-electron chi connectivity index (χ4n) is 5.48. The highest BCUT2D eigenvalue weighted by Crippen LogP contribution is 2.37. The number of aromatic nitrogens is 1. The minimum absolute atomic E-state index is 0. The number of nitrogens with two attached hydrogens (primary N) is 1. The first-order chi connectivity index (χ1) is 20.4. The van der Waals surface area contributed by atoms with Gasteiger partial charge in [0.25, 0.3) is 0 Å². The van der Waals surface area contributed by atoms with Crippen molar-refractivity contribution in [2.45, 2.75) is 38.6 Å². The molecule has 0 unspecified atom stereocenters. The van der Waals surface area contributed by atoms with Crippen LogP contribution in [-0.4, -0.2) is 53.5 Å². The lowest BCUT2D eigenvalue weighted by atomic mass is 10.0. The molecule has 2 heterocycles. The van der Waals surface area contributed by atoms with Crippen LogP contribution in [0.5, 0.6) is 5.75 Å². The van der Waals surface area contributed by atoms with Crippen molar-refractivity contribution in [1.82, 2.24) is 14.4 Å². The Labute approximate surface area is 262 Å². The number of piperazine rings is 1. The molecule has 4 aromatic rings. The van der Waals surface area contributed by atoms with E-state index in [1.54, 1.807) is 18.2 Å². The molecule has 44 heavy (non-hydrogen) atoms. The van der Waals surface area contributed by atoms with Crippen molar-refractivity contribution < 1.29 is 31.1 Å². The van der Waals surface area contributed by atoms with Crippen molar-refractivity contribution in [3.05, 3.63) is 88.6 Å². The van der Waals surface area contributed by atoms with E-state index in [4.69, 9.17) is 17.3 Å². The molecule has 0 atom stereocenters. The molecule has 1 aliphatic heterocycles. The van der Waals surface area contributed by atoms with Crippen LogP contribution in [-0.2, 0) is 25.8 Å². The van der Waals surface area contributed by atoms with E-state index >= 15 is 0 Å². The zero-order valence-corrected chi connectivity index (χ0v) is 25.2. The molecule has 238 valence electrons. The third-order valence-electron chi connectivity index (χ3n) is 7.60. The number of alkyl halides is 6. The van der Waals surface area contributed by atoms with Gasteiger partial charge in [0.15, 0.2) is 0 Å². The lowest BCUT2D eigenvalue weighted by molar-refractivity contribution is -0.274. The molecular weight excluding hydrogens is 629 g/mol. The van der Waals surface area contributed by atoms with E-state index in [0.717, 1.165) is 53.2 Å². The zero-order chi connectivity index (χ0) is 30.8. The van der Waals surface area contributed by atoms with Crippen molar-refractivity contribution in [3.8, 4) is 16.9 Å². The van der Waals surface area contributed by atoms with Crippen molar-refractivity contribution in [2.75, 3.05) is 32.7 Å². The summed E-state index contributed by atoms with van der Waals surface area (Å²) in [5.41, 5.74) is 9.13. The van der Waals surface area contributed by atoms with E-state index < -0.39 is 18.1 Å². The van der Waals surface area contributed by atoms with E-state index in [9.17, 15) is 26.3 Å². The standard InChI is InChI=1S/C31H31ClF6N4O.ClH/c32-29-23(3-1-4-27(29)30(33,34)35)19-41-15-13-40(14-16-41)18-21-5-10-28-25(17-21)26(20-42(28)12-2-11-39)22-6-8-24(9-7-22)43-31(36,37)38;/h1,3-10,17,20H,2,11-16,18-19,39H2;1H. The second-order valence-electron chi connectivity index (χ2n) is 10.6. The van der Waals surface area contributed by atoms with Crippen LogP contribution in [0, 0.1) is 0 Å². The predicted octanol–water partition coefficient (Wildman–Crippen LogP) is 7.97. The Morgan fingerprint density at radius 2 is 1.50 bits per heavy atom. The largest absolute Gasteiger partial charge is 0.573 e. The second-order valence-corrected chi connectivity index (χ2v) is 11.0. The molecule has 1 aliphatic rings. The Morgan fingerprint density at radius 1 is 0.841 bits per heavy atom. The minimum Gasteiger partial charge on any atom is -0.406 e. The van der Waals surface area contributed by atoms with Gasteiger partial charge in [0.05, 0.1) is 10.6 Å². The van der Waals surface area contributed by atoms with Crippen LogP contribution in [0.3, 0.4) is 0 Å². The van der Waals surface area contributed by atoms with Crippen LogP contribution in [0.15, 0.2) is 66.9 Å². The number of nitrogens with zero attached hydrogens (tertiary/aromatic N) is 3. The molecule has 1 saturated heterocycles. The number of halogens is 8. The average molecular weight is 662 g/mol. The third kappa shape index (κ3) is 8.19. The van der Waals surface area contributed by atoms with Crippen LogP contribution in [0.4, 0.5) is 26.3 Å². The van der Waals surface area contributed by atoms with Gasteiger partial charge >= 0.3 is 12.5 Å². The van der Waals surface area contributed by atoms with Crippen LogP contribution < -0.4 is 10.5 Å². The van der Waals surface area contributed by atoms with E-state index in [0.29, 0.717) is 44.8 Å². The number of hydrogen-bond donors (Lipinski definition) is 1. The van der Waals surface area contributed by atoms with Crippen molar-refractivity contribution in [1.29, 1.82) is 0 Å². The molecule has 3 aromatic carbocycles. The summed E-state index contributed by atoms with van der Waals surface area (Å²) >= 11 is 6.10. The molecule has 0 aliphatic carbocycles. The number of rotatable bonds is 9. The Kier molecular flexibility index (Phi) is 10.8. The van der Waals surface area contributed by atoms with Crippen molar-refractivity contribution >= 4 is 34.9 Å². The van der Waals surface area contributed by atoms with E-state index in [2.05, 4.69) is 37.3 Å². The first-order valence-corrected chi connectivity index (χ1v) is 14.3. The molecule has 1 fully saturated rings. The third-order valence-corrected chi connectivity index (χ3v) is 8.04. The summed E-state index contributed by atoms with van der Waals surface area (Å²) < 4.78 is 83.8. The Morgan fingerprint density at radius 3 is 2.11 bits per heavy atom. The van der Waals surface area contributed by atoms with E-state index in [-0.39, 0.29) is 23.2 Å². The van der Waals surface area contributed by atoms with E-state index in [1.807, 2.05) is 6.20 Å². The molecule has 1 aromatic heterocycles. The average Bonchev–Trinajstić information content (AvgIpc) is 3.30. The molecule has 0 radical (unpaired) electrons. The number of ether oxygens (including phenoxy) is 1. The van der Waals surface area contributed by atoms with Gasteiger partial charge in [0, 0.05) is 68.5 Å². The molecule has 2 N–H and O–H groups in total. The first kappa shape index (κ1) is 33.9. The van der Waals surface area contributed by atoms with Gasteiger partial charge in [-0.3, -0.25) is 9.80 Å². The monoisotopic (exact) mass is 660 g/mol. The SMILES string of the molecule is Cl.NCCCn1cc(-c2ccc(OC(F)(F)F)cc2)c2cc(CN3CCN(Cc4cccc(C(F)(F)F)c4Cl)CC3)ccc21. The summed E-state index contributed by atoms with van der Waals surface area (Å²) in [6.07, 6.45) is -6.48. The fourth-order valence-corrected chi connectivity index (χ4v) is 5.77. The van der Waals surface area contributed by atoms with Gasteiger partial charge in [0.1, 0.15) is 5.75 Å². The van der Waals surface area contributed by atoms with Crippen molar-refractivity contribution in [2.24, 2.45) is 5.73 Å². The Hall–Kier alpha value is -2.96. The molecule has 13 heteroatoms. The van der Waals surface area contributed by atoms with Crippen LogP contribution in [0.2, 0.25) is 5.02 Å². The fraction of sp³-hybridized carbons (Fsp3) is 0.355. The molecule has 5 rings (SSSR count). The Bertz CT molecular complexity index is 1550. The lowest BCUT2D eigenvalue weighted by Crippen LogP contribution is -2.45. The number of hydrogen-bond acceptors (Lipinski definition) is 4. The van der Waals surface area contributed by atoms with Crippen molar-refractivity contribution in [3.63, 3.8) is 0 Å². The van der Waals surface area contributed by atoms with Crippen LogP contribution >= 0.6 is 24.0 Å². The second kappa shape index (κ2) is 14.0. The topological polar surface area (TPSA) is 46.7 Å². The van der Waals surface area contributed by atoms with E-state index in [1.165, 1.54) is 18.2 Å². The van der Waals surface area contributed by atoms with Gasteiger partial charge < -0.3 is 15.0 Å². The normalized spacial score (nSPS) is 15.0.